The van der Waals surface area contributed by atoms with Crippen molar-refractivity contribution in [3.05, 3.63) is 34.1 Å². The van der Waals surface area contributed by atoms with Crippen LogP contribution in [0.2, 0.25) is 0 Å². The van der Waals surface area contributed by atoms with Crippen LogP contribution in [-0.4, -0.2) is 53.0 Å². The summed E-state index contributed by atoms with van der Waals surface area (Å²) >= 11 is 1.24. The molecule has 0 saturated carbocycles. The van der Waals surface area contributed by atoms with Crippen molar-refractivity contribution in [3.63, 3.8) is 0 Å². The van der Waals surface area contributed by atoms with Gasteiger partial charge in [-0.3, -0.25) is 4.79 Å². The molecule has 1 fully saturated rings. The zero-order valence-corrected chi connectivity index (χ0v) is 16.9. The fourth-order valence-electron chi connectivity index (χ4n) is 2.95. The van der Waals surface area contributed by atoms with E-state index in [2.05, 4.69) is 26.7 Å². The quantitative estimate of drug-likeness (QED) is 0.373. The van der Waals surface area contributed by atoms with Crippen molar-refractivity contribution >= 4 is 35.2 Å². The summed E-state index contributed by atoms with van der Waals surface area (Å²) < 4.78 is 4.96. The first-order valence-corrected chi connectivity index (χ1v) is 10.3. The number of anilines is 1. The minimum absolute atomic E-state index is 0.214. The van der Waals surface area contributed by atoms with Crippen molar-refractivity contribution in [3.8, 4) is 6.07 Å². The molecule has 1 saturated heterocycles. The van der Waals surface area contributed by atoms with Crippen LogP contribution in [0.3, 0.4) is 0 Å². The molecule has 2 aliphatic heterocycles. The van der Waals surface area contributed by atoms with Gasteiger partial charge in [-0.2, -0.15) is 5.26 Å². The second-order valence-corrected chi connectivity index (χ2v) is 7.22. The normalized spacial score (nSPS) is 17.4. The lowest BCUT2D eigenvalue weighted by Gasteiger charge is -2.15. The molecule has 2 N–H and O–H groups in total. The van der Waals surface area contributed by atoms with Crippen molar-refractivity contribution < 1.29 is 14.3 Å². The summed E-state index contributed by atoms with van der Waals surface area (Å²) in [6, 6.07) is 3.78. The lowest BCUT2D eigenvalue weighted by atomic mass is 10.2. The molecule has 0 radical (unpaired) electrons. The largest absolute Gasteiger partial charge is 0.461 e. The predicted molar refractivity (Wildman–Crippen MR) is 109 cm³/mol. The van der Waals surface area contributed by atoms with E-state index in [-0.39, 0.29) is 12.5 Å². The van der Waals surface area contributed by atoms with Gasteiger partial charge in [0, 0.05) is 37.7 Å². The van der Waals surface area contributed by atoms with Gasteiger partial charge in [0.15, 0.2) is 0 Å². The van der Waals surface area contributed by atoms with Gasteiger partial charge in [-0.1, -0.05) is 11.8 Å². The first kappa shape index (κ1) is 20.7. The van der Waals surface area contributed by atoms with E-state index >= 15 is 0 Å². The highest BCUT2D eigenvalue weighted by atomic mass is 32.2. The van der Waals surface area contributed by atoms with Crippen molar-refractivity contribution in [2.24, 2.45) is 0 Å². The van der Waals surface area contributed by atoms with Gasteiger partial charge in [0.2, 0.25) is 11.9 Å². The highest BCUT2D eigenvalue weighted by Crippen LogP contribution is 2.31. The van der Waals surface area contributed by atoms with Gasteiger partial charge in [0.05, 0.1) is 17.3 Å². The summed E-state index contributed by atoms with van der Waals surface area (Å²) in [6.07, 6.45) is 3.94. The zero-order chi connectivity index (χ0) is 20.6. The van der Waals surface area contributed by atoms with Crippen LogP contribution in [0.1, 0.15) is 31.9 Å². The van der Waals surface area contributed by atoms with Crippen LogP contribution >= 0.6 is 11.8 Å². The number of allylic oxidation sites excluding steroid dienone is 1. The summed E-state index contributed by atoms with van der Waals surface area (Å²) in [4.78, 5) is 33.9. The second-order valence-electron chi connectivity index (χ2n) is 6.34. The SMILES string of the molecule is CCOC(=O)C1=CSC(=C(C#N)c2ccnc(NCCCN3CCCC3=O)n2)N1. The fraction of sp³-hybridized carbons (Fsp3) is 0.421. The molecule has 0 unspecified atom stereocenters. The lowest BCUT2D eigenvalue weighted by molar-refractivity contribution is -0.138. The molecule has 0 aromatic carbocycles. The molecule has 1 amide bonds. The number of nitrogens with one attached hydrogen (secondary N) is 2. The number of nitrogens with zero attached hydrogens (tertiary/aromatic N) is 4. The predicted octanol–water partition coefficient (Wildman–Crippen LogP) is 1.83. The maximum absolute atomic E-state index is 11.8. The van der Waals surface area contributed by atoms with Gasteiger partial charge in [0.1, 0.15) is 17.3 Å². The smallest absolute Gasteiger partial charge is 0.355 e. The Morgan fingerprint density at radius 2 is 2.38 bits per heavy atom. The van der Waals surface area contributed by atoms with E-state index in [9.17, 15) is 14.9 Å². The van der Waals surface area contributed by atoms with Crippen molar-refractivity contribution in [2.45, 2.75) is 26.2 Å². The number of ether oxygens (including phenoxy) is 1. The number of amides is 1. The summed E-state index contributed by atoms with van der Waals surface area (Å²) in [6.45, 7) is 4.17. The van der Waals surface area contributed by atoms with E-state index in [1.54, 1.807) is 24.6 Å². The second kappa shape index (κ2) is 9.93. The number of thioether (sulfide) groups is 1. The van der Waals surface area contributed by atoms with Crippen LogP contribution in [0, 0.1) is 11.3 Å². The van der Waals surface area contributed by atoms with Gasteiger partial charge in [0.25, 0.3) is 0 Å². The van der Waals surface area contributed by atoms with Crippen LogP contribution in [0.15, 0.2) is 28.4 Å². The Morgan fingerprint density at radius 3 is 3.10 bits per heavy atom. The molecule has 0 aliphatic carbocycles. The first-order valence-electron chi connectivity index (χ1n) is 9.42. The molecule has 2 aliphatic rings. The molecule has 0 bridgehead atoms. The number of hydrogen-bond acceptors (Lipinski definition) is 9. The van der Waals surface area contributed by atoms with Crippen LogP contribution in [0.5, 0.6) is 0 Å². The summed E-state index contributed by atoms with van der Waals surface area (Å²) in [7, 11) is 0. The molecule has 0 spiro atoms. The number of likely N-dealkylation sites (tertiary alicyclic amines) is 1. The molecule has 10 heteroatoms. The fourth-order valence-corrected chi connectivity index (χ4v) is 3.77. The Labute approximate surface area is 173 Å². The third-order valence-electron chi connectivity index (χ3n) is 4.35. The van der Waals surface area contributed by atoms with Crippen LogP contribution < -0.4 is 10.6 Å². The van der Waals surface area contributed by atoms with E-state index in [4.69, 9.17) is 4.74 Å². The highest BCUT2D eigenvalue weighted by molar-refractivity contribution is 8.06. The van der Waals surface area contributed by atoms with Gasteiger partial charge in [-0.15, -0.1) is 0 Å². The number of esters is 1. The zero-order valence-electron chi connectivity index (χ0n) is 16.1. The summed E-state index contributed by atoms with van der Waals surface area (Å²) in [5.41, 5.74) is 1.07. The number of nitriles is 1. The Hall–Kier alpha value is -3.06. The third-order valence-corrected chi connectivity index (χ3v) is 5.24. The Morgan fingerprint density at radius 1 is 1.52 bits per heavy atom. The van der Waals surface area contributed by atoms with E-state index in [0.717, 1.165) is 19.4 Å². The van der Waals surface area contributed by atoms with Crippen molar-refractivity contribution in [2.75, 3.05) is 31.6 Å². The van der Waals surface area contributed by atoms with Crippen LogP contribution in [-0.2, 0) is 14.3 Å². The van der Waals surface area contributed by atoms with Gasteiger partial charge in [-0.05, 0) is 25.8 Å². The van der Waals surface area contributed by atoms with Gasteiger partial charge >= 0.3 is 5.97 Å². The maximum Gasteiger partial charge on any atom is 0.355 e. The van der Waals surface area contributed by atoms with Crippen LogP contribution in [0.25, 0.3) is 5.57 Å². The lowest BCUT2D eigenvalue weighted by Crippen LogP contribution is -2.27. The standard InChI is InChI=1S/C19H22N6O3S/c1-2-28-18(27)15-12-29-17(23-15)13(11-20)14-6-8-22-19(24-14)21-7-4-10-25-9-3-5-16(25)26/h6,8,12,23H,2-5,7,9-10H2,1H3,(H,21,22,24). The Kier molecular flexibility index (Phi) is 7.08. The third kappa shape index (κ3) is 5.26. The summed E-state index contributed by atoms with van der Waals surface area (Å²) in [5.74, 6) is 0.157. The van der Waals surface area contributed by atoms with Gasteiger partial charge in [-0.25, -0.2) is 14.8 Å². The minimum atomic E-state index is -0.464. The number of carbonyl (C=O) groups is 2. The van der Waals surface area contributed by atoms with Gasteiger partial charge < -0.3 is 20.3 Å². The van der Waals surface area contributed by atoms with Crippen LogP contribution in [0.4, 0.5) is 5.95 Å². The first-order chi connectivity index (χ1) is 14.1. The molecular formula is C19H22N6O3S. The van der Waals surface area contributed by atoms with E-state index in [1.807, 2.05) is 4.90 Å². The minimum Gasteiger partial charge on any atom is -0.461 e. The topological polar surface area (TPSA) is 120 Å². The Balaban J connectivity index is 1.60. The molecule has 152 valence electrons. The molecule has 29 heavy (non-hydrogen) atoms. The average molecular weight is 414 g/mol. The maximum atomic E-state index is 11.8. The Bertz CT molecular complexity index is 892. The van der Waals surface area contributed by atoms with E-state index in [1.165, 1.54) is 11.8 Å². The molecular weight excluding hydrogens is 392 g/mol. The highest BCUT2D eigenvalue weighted by Gasteiger charge is 2.22. The monoisotopic (exact) mass is 414 g/mol. The number of rotatable bonds is 8. The van der Waals surface area contributed by atoms with E-state index < -0.39 is 5.97 Å². The molecule has 1 aromatic rings. The molecule has 9 nitrogen and oxygen atoms in total. The van der Waals surface area contributed by atoms with Crippen molar-refractivity contribution in [1.29, 1.82) is 5.26 Å². The number of hydrogen-bond donors (Lipinski definition) is 2. The summed E-state index contributed by atoms with van der Waals surface area (Å²) in [5, 5.41) is 17.8. The average Bonchev–Trinajstić information content (AvgIpc) is 3.36. The molecule has 3 rings (SSSR count). The number of carbonyl (C=O) groups excluding carboxylic acids is 2. The molecule has 0 atom stereocenters. The molecule has 3 heterocycles. The van der Waals surface area contributed by atoms with Crippen molar-refractivity contribution in [1.82, 2.24) is 20.2 Å². The van der Waals surface area contributed by atoms with E-state index in [0.29, 0.717) is 47.5 Å². The molecule has 1 aromatic heterocycles. The number of aromatic nitrogens is 2.